The van der Waals surface area contributed by atoms with Crippen molar-refractivity contribution in [1.82, 2.24) is 16.0 Å². The molecule has 166 valence electrons. The van der Waals surface area contributed by atoms with Gasteiger partial charge >= 0.3 is 11.9 Å². The van der Waals surface area contributed by atoms with Crippen molar-refractivity contribution >= 4 is 41.4 Å². The van der Waals surface area contributed by atoms with Crippen LogP contribution in [0.15, 0.2) is 0 Å². The van der Waals surface area contributed by atoms with E-state index in [0.717, 1.165) is 0 Å². The average Bonchev–Trinajstić information content (AvgIpc) is 2.62. The first-order chi connectivity index (χ1) is 13.5. The summed E-state index contributed by atoms with van der Waals surface area (Å²) in [5.41, 5.74) is 5.28. The van der Waals surface area contributed by atoms with E-state index in [9.17, 15) is 24.0 Å². The zero-order chi connectivity index (χ0) is 22.6. The average molecular weight is 435 g/mol. The molecule has 0 bridgehead atoms. The standard InChI is InChI=1S/C17H30N4O7S/c1-9(2)6-11(19-13(22)8-18)16(26)20-10(4-5-29-3)15(25)21-12(17(27)28)7-14(23)24/h9-12H,4-8,18H2,1-3H3,(H,19,22)(H,20,26)(H,21,25)(H,23,24)(H,27,28). The van der Waals surface area contributed by atoms with Gasteiger partial charge in [0.05, 0.1) is 13.0 Å². The first-order valence-electron chi connectivity index (χ1n) is 9.05. The molecule has 12 heteroatoms. The molecule has 11 nitrogen and oxygen atoms in total. The van der Waals surface area contributed by atoms with Crippen LogP contribution in [0.5, 0.6) is 0 Å². The van der Waals surface area contributed by atoms with Crippen LogP contribution in [0.25, 0.3) is 0 Å². The predicted octanol–water partition coefficient (Wildman–Crippen LogP) is -1.24. The van der Waals surface area contributed by atoms with Crippen molar-refractivity contribution in [2.75, 3.05) is 18.6 Å². The number of aliphatic carboxylic acids is 2. The van der Waals surface area contributed by atoms with Crippen LogP contribution in [0.4, 0.5) is 0 Å². The van der Waals surface area contributed by atoms with Crippen molar-refractivity contribution in [2.24, 2.45) is 11.7 Å². The molecule has 0 radical (unpaired) electrons. The molecule has 29 heavy (non-hydrogen) atoms. The summed E-state index contributed by atoms with van der Waals surface area (Å²) in [6.45, 7) is 3.42. The minimum atomic E-state index is -1.63. The number of rotatable bonds is 14. The van der Waals surface area contributed by atoms with E-state index in [-0.39, 0.29) is 18.9 Å². The van der Waals surface area contributed by atoms with Gasteiger partial charge in [-0.25, -0.2) is 4.79 Å². The Kier molecular flexibility index (Phi) is 12.7. The Morgan fingerprint density at radius 1 is 0.931 bits per heavy atom. The number of hydrogen-bond acceptors (Lipinski definition) is 7. The third-order valence-corrected chi connectivity index (χ3v) is 4.43. The second-order valence-electron chi connectivity index (χ2n) is 6.79. The Labute approximate surface area is 173 Å². The number of carboxylic acids is 2. The molecule has 0 saturated heterocycles. The van der Waals surface area contributed by atoms with Gasteiger partial charge in [0.1, 0.15) is 18.1 Å². The monoisotopic (exact) mass is 434 g/mol. The highest BCUT2D eigenvalue weighted by Crippen LogP contribution is 2.08. The highest BCUT2D eigenvalue weighted by Gasteiger charge is 2.30. The Balaban J connectivity index is 5.32. The minimum absolute atomic E-state index is 0.0641. The molecule has 0 saturated carbocycles. The molecule has 0 aliphatic rings. The fraction of sp³-hybridized carbons (Fsp3) is 0.706. The fourth-order valence-corrected chi connectivity index (χ4v) is 2.85. The molecule has 0 spiro atoms. The Bertz CT molecular complexity index is 600. The van der Waals surface area contributed by atoms with E-state index < -0.39 is 54.2 Å². The molecular weight excluding hydrogens is 404 g/mol. The Morgan fingerprint density at radius 2 is 1.48 bits per heavy atom. The van der Waals surface area contributed by atoms with Crippen LogP contribution in [0.1, 0.15) is 33.1 Å². The molecule has 7 N–H and O–H groups in total. The molecule has 0 aromatic rings. The van der Waals surface area contributed by atoms with Crippen LogP contribution in [0.3, 0.4) is 0 Å². The zero-order valence-electron chi connectivity index (χ0n) is 16.8. The summed E-state index contributed by atoms with van der Waals surface area (Å²) >= 11 is 1.42. The van der Waals surface area contributed by atoms with Crippen LogP contribution in [0.2, 0.25) is 0 Å². The van der Waals surface area contributed by atoms with Gasteiger partial charge in [-0.2, -0.15) is 11.8 Å². The lowest BCUT2D eigenvalue weighted by atomic mass is 10.0. The number of hydrogen-bond donors (Lipinski definition) is 6. The SMILES string of the molecule is CSCCC(NC(=O)C(CC(C)C)NC(=O)CN)C(=O)NC(CC(=O)O)C(=O)O. The second kappa shape index (κ2) is 13.8. The molecule has 0 fully saturated rings. The molecule has 0 rings (SSSR count). The summed E-state index contributed by atoms with van der Waals surface area (Å²) in [6.07, 6.45) is 1.50. The van der Waals surface area contributed by atoms with Gasteiger partial charge in [0.15, 0.2) is 0 Å². The van der Waals surface area contributed by atoms with Gasteiger partial charge in [-0.15, -0.1) is 0 Å². The third kappa shape index (κ3) is 11.3. The summed E-state index contributed by atoms with van der Waals surface area (Å²) in [4.78, 5) is 58.7. The van der Waals surface area contributed by atoms with Crippen LogP contribution in [0, 0.1) is 5.92 Å². The number of nitrogens with one attached hydrogen (secondary N) is 3. The Hall–Kier alpha value is -2.34. The molecule has 0 aromatic heterocycles. The number of nitrogens with two attached hydrogens (primary N) is 1. The quantitative estimate of drug-likeness (QED) is 0.194. The van der Waals surface area contributed by atoms with E-state index >= 15 is 0 Å². The van der Waals surface area contributed by atoms with Gasteiger partial charge in [0, 0.05) is 0 Å². The molecule has 3 atom stereocenters. The molecule has 0 aliphatic carbocycles. The first-order valence-corrected chi connectivity index (χ1v) is 10.4. The largest absolute Gasteiger partial charge is 0.481 e. The minimum Gasteiger partial charge on any atom is -0.481 e. The lowest BCUT2D eigenvalue weighted by Gasteiger charge is -2.25. The van der Waals surface area contributed by atoms with E-state index in [1.54, 1.807) is 6.26 Å². The van der Waals surface area contributed by atoms with E-state index in [1.807, 2.05) is 13.8 Å². The molecular formula is C17H30N4O7S. The van der Waals surface area contributed by atoms with Gasteiger partial charge in [-0.3, -0.25) is 19.2 Å². The molecule has 0 aliphatic heterocycles. The maximum absolute atomic E-state index is 12.6. The van der Waals surface area contributed by atoms with Crippen molar-refractivity contribution < 1.29 is 34.2 Å². The van der Waals surface area contributed by atoms with Gasteiger partial charge in [-0.05, 0) is 30.8 Å². The van der Waals surface area contributed by atoms with E-state index in [2.05, 4.69) is 16.0 Å². The van der Waals surface area contributed by atoms with Gasteiger partial charge < -0.3 is 31.9 Å². The van der Waals surface area contributed by atoms with Crippen LogP contribution < -0.4 is 21.7 Å². The molecule has 3 unspecified atom stereocenters. The van der Waals surface area contributed by atoms with Crippen LogP contribution in [-0.2, 0) is 24.0 Å². The van der Waals surface area contributed by atoms with Crippen molar-refractivity contribution in [3.05, 3.63) is 0 Å². The highest BCUT2D eigenvalue weighted by molar-refractivity contribution is 7.98. The number of amides is 3. The number of carboxylic acid groups (broad SMARTS) is 2. The zero-order valence-corrected chi connectivity index (χ0v) is 17.6. The lowest BCUT2D eigenvalue weighted by molar-refractivity contribution is -0.147. The summed E-state index contributed by atoms with van der Waals surface area (Å²) in [5, 5.41) is 25.1. The third-order valence-electron chi connectivity index (χ3n) is 3.78. The molecule has 0 aromatic carbocycles. The summed E-state index contributed by atoms with van der Waals surface area (Å²) in [6, 6.07) is -3.63. The lowest BCUT2D eigenvalue weighted by Crippen LogP contribution is -2.56. The van der Waals surface area contributed by atoms with E-state index in [1.165, 1.54) is 11.8 Å². The van der Waals surface area contributed by atoms with Gasteiger partial charge in [0.2, 0.25) is 17.7 Å². The van der Waals surface area contributed by atoms with Gasteiger partial charge in [-0.1, -0.05) is 13.8 Å². The summed E-state index contributed by atoms with van der Waals surface area (Å²) in [7, 11) is 0. The summed E-state index contributed by atoms with van der Waals surface area (Å²) in [5.74, 6) is -4.27. The number of thioether (sulfide) groups is 1. The number of carbonyl (C=O) groups is 5. The molecule has 0 heterocycles. The smallest absolute Gasteiger partial charge is 0.326 e. The van der Waals surface area contributed by atoms with E-state index in [4.69, 9.17) is 15.9 Å². The normalized spacial score (nSPS) is 13.8. The maximum atomic E-state index is 12.6. The van der Waals surface area contributed by atoms with Crippen LogP contribution >= 0.6 is 11.8 Å². The number of carbonyl (C=O) groups excluding carboxylic acids is 3. The molecule has 3 amide bonds. The van der Waals surface area contributed by atoms with Gasteiger partial charge in [0.25, 0.3) is 0 Å². The van der Waals surface area contributed by atoms with Crippen LogP contribution in [-0.4, -0.2) is 76.6 Å². The predicted molar refractivity (Wildman–Crippen MR) is 107 cm³/mol. The highest BCUT2D eigenvalue weighted by atomic mass is 32.2. The van der Waals surface area contributed by atoms with Crippen molar-refractivity contribution in [2.45, 2.75) is 51.2 Å². The fourth-order valence-electron chi connectivity index (χ4n) is 2.38. The van der Waals surface area contributed by atoms with Crippen molar-refractivity contribution in [3.63, 3.8) is 0 Å². The second-order valence-corrected chi connectivity index (χ2v) is 7.78. The van der Waals surface area contributed by atoms with Crippen molar-refractivity contribution in [3.8, 4) is 0 Å². The Morgan fingerprint density at radius 3 is 1.93 bits per heavy atom. The maximum Gasteiger partial charge on any atom is 0.326 e. The van der Waals surface area contributed by atoms with E-state index in [0.29, 0.717) is 12.2 Å². The van der Waals surface area contributed by atoms with Crippen molar-refractivity contribution in [1.29, 1.82) is 0 Å². The first kappa shape index (κ1) is 26.7. The summed E-state index contributed by atoms with van der Waals surface area (Å²) < 4.78 is 0. The topological polar surface area (TPSA) is 188 Å².